The lowest BCUT2D eigenvalue weighted by Gasteiger charge is -2.02. The van der Waals surface area contributed by atoms with Gasteiger partial charge in [-0.3, -0.25) is 0 Å². The van der Waals surface area contributed by atoms with Crippen LogP contribution in [0.15, 0.2) is 18.2 Å². The number of aromatic amines is 1. The lowest BCUT2D eigenvalue weighted by molar-refractivity contribution is 1.10. The Morgan fingerprint density at radius 2 is 2.31 bits per heavy atom. The van der Waals surface area contributed by atoms with Crippen LogP contribution < -0.4 is 11.1 Å². The molecule has 2 aromatic rings. The first kappa shape index (κ1) is 10.3. The SMILES string of the molecule is N#Cc1ccc(Nc2n[nH]c(N)n2)cc1Cl. The Bertz CT molecular complexity index is 555. The Morgan fingerprint density at radius 3 is 2.88 bits per heavy atom. The molecule has 0 saturated heterocycles. The topological polar surface area (TPSA) is 103 Å². The molecule has 4 N–H and O–H groups in total. The Labute approximate surface area is 96.1 Å². The average Bonchev–Trinajstić information content (AvgIpc) is 2.64. The maximum Gasteiger partial charge on any atom is 0.248 e. The van der Waals surface area contributed by atoms with Crippen molar-refractivity contribution in [2.45, 2.75) is 0 Å². The molecule has 0 bridgehead atoms. The number of anilines is 3. The molecule has 0 aliphatic carbocycles. The molecule has 0 fully saturated rings. The van der Waals surface area contributed by atoms with Crippen LogP contribution in [0.1, 0.15) is 5.56 Å². The van der Waals surface area contributed by atoms with Crippen LogP contribution in [0.3, 0.4) is 0 Å². The molecular weight excluding hydrogens is 228 g/mol. The molecule has 16 heavy (non-hydrogen) atoms. The minimum Gasteiger partial charge on any atom is -0.368 e. The normalized spacial score (nSPS) is 9.75. The van der Waals surface area contributed by atoms with Gasteiger partial charge in [-0.2, -0.15) is 10.2 Å². The number of H-pyrrole nitrogens is 1. The lowest BCUT2D eigenvalue weighted by Crippen LogP contribution is -1.93. The van der Waals surface area contributed by atoms with E-state index in [1.165, 1.54) is 0 Å². The van der Waals surface area contributed by atoms with Crippen LogP contribution in [-0.4, -0.2) is 15.2 Å². The van der Waals surface area contributed by atoms with Gasteiger partial charge in [0.05, 0.1) is 10.6 Å². The number of aromatic nitrogens is 3. The summed E-state index contributed by atoms with van der Waals surface area (Å²) in [7, 11) is 0. The van der Waals surface area contributed by atoms with E-state index in [9.17, 15) is 0 Å². The Balaban J connectivity index is 2.23. The lowest BCUT2D eigenvalue weighted by atomic mass is 10.2. The van der Waals surface area contributed by atoms with Crippen molar-refractivity contribution >= 4 is 29.2 Å². The number of nitrogens with one attached hydrogen (secondary N) is 2. The summed E-state index contributed by atoms with van der Waals surface area (Å²) in [5.74, 6) is 0.570. The number of nitriles is 1. The van der Waals surface area contributed by atoms with Crippen molar-refractivity contribution in [2.24, 2.45) is 0 Å². The molecule has 1 aromatic heterocycles. The zero-order chi connectivity index (χ0) is 11.5. The summed E-state index contributed by atoms with van der Waals surface area (Å²) >= 11 is 5.87. The second-order valence-electron chi connectivity index (χ2n) is 2.98. The summed E-state index contributed by atoms with van der Waals surface area (Å²) in [6.07, 6.45) is 0. The number of rotatable bonds is 2. The molecule has 0 aliphatic heterocycles. The second-order valence-corrected chi connectivity index (χ2v) is 3.38. The molecule has 6 nitrogen and oxygen atoms in total. The molecule has 0 unspecified atom stereocenters. The van der Waals surface area contributed by atoms with Gasteiger partial charge in [0.25, 0.3) is 0 Å². The zero-order valence-electron chi connectivity index (χ0n) is 8.03. The predicted octanol–water partition coefficient (Wildman–Crippen LogP) is 1.66. The van der Waals surface area contributed by atoms with Gasteiger partial charge in [-0.15, -0.1) is 5.10 Å². The van der Waals surface area contributed by atoms with Crippen LogP contribution in [-0.2, 0) is 0 Å². The maximum atomic E-state index is 8.70. The molecule has 0 radical (unpaired) electrons. The number of benzene rings is 1. The van der Waals surface area contributed by atoms with E-state index < -0.39 is 0 Å². The molecular formula is C9H7ClN6. The van der Waals surface area contributed by atoms with Crippen LogP contribution in [0.4, 0.5) is 17.6 Å². The molecule has 0 saturated carbocycles. The summed E-state index contributed by atoms with van der Waals surface area (Å²) in [4.78, 5) is 3.87. The summed E-state index contributed by atoms with van der Waals surface area (Å²) in [5, 5.41) is 18.3. The van der Waals surface area contributed by atoms with Crippen LogP contribution in [0, 0.1) is 11.3 Å². The van der Waals surface area contributed by atoms with Gasteiger partial charge in [-0.05, 0) is 18.2 Å². The fraction of sp³-hybridized carbons (Fsp3) is 0. The molecule has 0 spiro atoms. The maximum absolute atomic E-state index is 8.70. The predicted molar refractivity (Wildman–Crippen MR) is 60.2 cm³/mol. The van der Waals surface area contributed by atoms with Crippen molar-refractivity contribution in [2.75, 3.05) is 11.1 Å². The van der Waals surface area contributed by atoms with E-state index in [-0.39, 0.29) is 5.95 Å². The highest BCUT2D eigenvalue weighted by molar-refractivity contribution is 6.32. The highest BCUT2D eigenvalue weighted by atomic mass is 35.5. The van der Waals surface area contributed by atoms with E-state index in [1.54, 1.807) is 18.2 Å². The van der Waals surface area contributed by atoms with E-state index in [0.29, 0.717) is 22.2 Å². The van der Waals surface area contributed by atoms with Gasteiger partial charge < -0.3 is 11.1 Å². The number of halogens is 1. The first-order valence-electron chi connectivity index (χ1n) is 4.33. The molecule has 80 valence electrons. The summed E-state index contributed by atoms with van der Waals surface area (Å²) in [6, 6.07) is 6.91. The van der Waals surface area contributed by atoms with Gasteiger partial charge in [0.15, 0.2) is 0 Å². The van der Waals surface area contributed by atoms with Crippen LogP contribution >= 0.6 is 11.6 Å². The van der Waals surface area contributed by atoms with Gasteiger partial charge >= 0.3 is 0 Å². The summed E-state index contributed by atoms with van der Waals surface area (Å²) < 4.78 is 0. The van der Waals surface area contributed by atoms with Crippen molar-refractivity contribution in [1.82, 2.24) is 15.2 Å². The van der Waals surface area contributed by atoms with Crippen molar-refractivity contribution < 1.29 is 0 Å². The molecule has 0 atom stereocenters. The van der Waals surface area contributed by atoms with Crippen LogP contribution in [0.25, 0.3) is 0 Å². The van der Waals surface area contributed by atoms with E-state index in [0.717, 1.165) is 0 Å². The third-order valence-electron chi connectivity index (χ3n) is 1.85. The van der Waals surface area contributed by atoms with Crippen molar-refractivity contribution in [3.63, 3.8) is 0 Å². The van der Waals surface area contributed by atoms with Gasteiger partial charge in [0.2, 0.25) is 11.9 Å². The first-order chi connectivity index (χ1) is 7.69. The number of nitrogen functional groups attached to an aromatic ring is 1. The first-order valence-corrected chi connectivity index (χ1v) is 4.71. The number of nitrogens with two attached hydrogens (primary N) is 1. The Kier molecular flexibility index (Phi) is 2.62. The third kappa shape index (κ3) is 2.04. The average molecular weight is 235 g/mol. The number of hydrogen-bond donors (Lipinski definition) is 3. The molecule has 0 amide bonds. The highest BCUT2D eigenvalue weighted by Crippen LogP contribution is 2.21. The van der Waals surface area contributed by atoms with Gasteiger partial charge in [0, 0.05) is 5.69 Å². The summed E-state index contributed by atoms with van der Waals surface area (Å²) in [5.41, 5.74) is 6.47. The quantitative estimate of drug-likeness (QED) is 0.733. The molecule has 7 heteroatoms. The molecule has 1 aromatic carbocycles. The van der Waals surface area contributed by atoms with E-state index in [1.807, 2.05) is 6.07 Å². The Hall–Kier alpha value is -2.26. The molecule has 2 rings (SSSR count). The fourth-order valence-electron chi connectivity index (χ4n) is 1.14. The largest absolute Gasteiger partial charge is 0.368 e. The highest BCUT2D eigenvalue weighted by Gasteiger charge is 2.03. The van der Waals surface area contributed by atoms with Crippen molar-refractivity contribution in [3.8, 4) is 6.07 Å². The molecule has 0 aliphatic rings. The number of nitrogens with zero attached hydrogens (tertiary/aromatic N) is 3. The molecule has 1 heterocycles. The van der Waals surface area contributed by atoms with Crippen LogP contribution in [0.5, 0.6) is 0 Å². The minimum atomic E-state index is 0.224. The zero-order valence-corrected chi connectivity index (χ0v) is 8.78. The van der Waals surface area contributed by atoms with Gasteiger partial charge in [-0.1, -0.05) is 11.6 Å². The van der Waals surface area contributed by atoms with Gasteiger partial charge in [0.1, 0.15) is 6.07 Å². The smallest absolute Gasteiger partial charge is 0.248 e. The van der Waals surface area contributed by atoms with E-state index in [2.05, 4.69) is 20.5 Å². The fourth-order valence-corrected chi connectivity index (χ4v) is 1.37. The van der Waals surface area contributed by atoms with Crippen molar-refractivity contribution in [1.29, 1.82) is 5.26 Å². The summed E-state index contributed by atoms with van der Waals surface area (Å²) in [6.45, 7) is 0. The number of hydrogen-bond acceptors (Lipinski definition) is 5. The van der Waals surface area contributed by atoms with Crippen molar-refractivity contribution in [3.05, 3.63) is 28.8 Å². The van der Waals surface area contributed by atoms with Gasteiger partial charge in [-0.25, -0.2) is 5.10 Å². The van der Waals surface area contributed by atoms with E-state index >= 15 is 0 Å². The standard InChI is InChI=1S/C9H7ClN6/c10-7-3-6(2-1-5(7)4-11)13-9-14-8(12)15-16-9/h1-3H,(H4,12,13,14,15,16). The third-order valence-corrected chi connectivity index (χ3v) is 2.16. The monoisotopic (exact) mass is 234 g/mol. The van der Waals surface area contributed by atoms with E-state index in [4.69, 9.17) is 22.6 Å². The Morgan fingerprint density at radius 1 is 1.50 bits per heavy atom. The minimum absolute atomic E-state index is 0.224. The van der Waals surface area contributed by atoms with Crippen LogP contribution in [0.2, 0.25) is 5.02 Å². The second kappa shape index (κ2) is 4.08.